The third kappa shape index (κ3) is 4.50. The van der Waals surface area contributed by atoms with Gasteiger partial charge >= 0.3 is 0 Å². The highest BCUT2D eigenvalue weighted by Crippen LogP contribution is 2.21. The smallest absolute Gasteiger partial charge is 0.261 e. The highest BCUT2D eigenvalue weighted by atomic mass is 35.5. The van der Waals surface area contributed by atoms with E-state index in [2.05, 4.69) is 10.0 Å². The minimum absolute atomic E-state index is 0.0487. The number of rotatable bonds is 5. The SMILES string of the molecule is O=C(Nc1cccc(S(=O)(=O)Nc2ccc(Cl)cc2)c1)C1CCCO1. The van der Waals surface area contributed by atoms with Crippen LogP contribution < -0.4 is 10.0 Å². The average Bonchev–Trinajstić information content (AvgIpc) is 3.12. The second-order valence-electron chi connectivity index (χ2n) is 5.63. The van der Waals surface area contributed by atoms with Crippen LogP contribution in [0, 0.1) is 0 Å². The highest BCUT2D eigenvalue weighted by Gasteiger charge is 2.24. The van der Waals surface area contributed by atoms with E-state index in [-0.39, 0.29) is 10.8 Å². The first-order valence-corrected chi connectivity index (χ1v) is 9.61. The number of sulfonamides is 1. The van der Waals surface area contributed by atoms with Gasteiger partial charge in [-0.05, 0) is 55.3 Å². The normalized spacial score (nSPS) is 17.2. The van der Waals surface area contributed by atoms with E-state index >= 15 is 0 Å². The monoisotopic (exact) mass is 380 g/mol. The van der Waals surface area contributed by atoms with Crippen LogP contribution in [0.1, 0.15) is 12.8 Å². The van der Waals surface area contributed by atoms with Crippen molar-refractivity contribution in [2.24, 2.45) is 0 Å². The molecule has 0 aliphatic carbocycles. The third-order valence-corrected chi connectivity index (χ3v) is 5.36. The molecular weight excluding hydrogens is 364 g/mol. The molecule has 1 amide bonds. The minimum Gasteiger partial charge on any atom is -0.368 e. The Hall–Kier alpha value is -2.09. The van der Waals surface area contributed by atoms with E-state index in [1.54, 1.807) is 36.4 Å². The maximum atomic E-state index is 12.5. The maximum absolute atomic E-state index is 12.5. The Bertz CT molecular complexity index is 862. The molecule has 3 rings (SSSR count). The molecule has 0 radical (unpaired) electrons. The van der Waals surface area contributed by atoms with E-state index in [9.17, 15) is 13.2 Å². The lowest BCUT2D eigenvalue weighted by atomic mass is 10.2. The number of ether oxygens (including phenoxy) is 1. The summed E-state index contributed by atoms with van der Waals surface area (Å²) >= 11 is 5.80. The molecule has 1 aliphatic rings. The zero-order valence-electron chi connectivity index (χ0n) is 13.2. The van der Waals surface area contributed by atoms with Crippen LogP contribution in [0.25, 0.3) is 0 Å². The number of amides is 1. The van der Waals surface area contributed by atoms with Gasteiger partial charge in [0.25, 0.3) is 15.9 Å². The maximum Gasteiger partial charge on any atom is 0.261 e. The molecule has 0 bridgehead atoms. The van der Waals surface area contributed by atoms with E-state index < -0.39 is 16.1 Å². The average molecular weight is 381 g/mol. The van der Waals surface area contributed by atoms with Gasteiger partial charge in [-0.2, -0.15) is 0 Å². The van der Waals surface area contributed by atoms with Gasteiger partial charge in [-0.25, -0.2) is 8.42 Å². The summed E-state index contributed by atoms with van der Waals surface area (Å²) in [5.41, 5.74) is 0.803. The molecule has 1 saturated heterocycles. The zero-order chi connectivity index (χ0) is 17.9. The molecule has 2 N–H and O–H groups in total. The summed E-state index contributed by atoms with van der Waals surface area (Å²) in [4.78, 5) is 12.1. The van der Waals surface area contributed by atoms with Crippen molar-refractivity contribution in [2.75, 3.05) is 16.6 Å². The summed E-state index contributed by atoms with van der Waals surface area (Å²) in [6.07, 6.45) is 1.03. The summed E-state index contributed by atoms with van der Waals surface area (Å²) in [5, 5.41) is 3.21. The molecule has 1 unspecified atom stereocenters. The lowest BCUT2D eigenvalue weighted by Crippen LogP contribution is -2.27. The molecule has 1 aliphatic heterocycles. The Morgan fingerprint density at radius 3 is 2.56 bits per heavy atom. The minimum atomic E-state index is -3.78. The molecule has 2 aromatic rings. The van der Waals surface area contributed by atoms with E-state index in [1.165, 1.54) is 12.1 Å². The first-order valence-electron chi connectivity index (χ1n) is 7.75. The van der Waals surface area contributed by atoms with E-state index in [4.69, 9.17) is 16.3 Å². The molecule has 1 atom stereocenters. The second kappa shape index (κ2) is 7.43. The Kier molecular flexibility index (Phi) is 5.27. The molecule has 2 aromatic carbocycles. The molecule has 8 heteroatoms. The summed E-state index contributed by atoms with van der Waals surface area (Å²) in [6, 6.07) is 12.4. The van der Waals surface area contributed by atoms with Crippen molar-refractivity contribution in [3.8, 4) is 0 Å². The fourth-order valence-corrected chi connectivity index (χ4v) is 3.71. The van der Waals surface area contributed by atoms with Crippen molar-refractivity contribution in [3.05, 3.63) is 53.6 Å². The molecule has 132 valence electrons. The third-order valence-electron chi connectivity index (χ3n) is 3.73. The molecule has 0 saturated carbocycles. The highest BCUT2D eigenvalue weighted by molar-refractivity contribution is 7.92. The molecule has 6 nitrogen and oxygen atoms in total. The zero-order valence-corrected chi connectivity index (χ0v) is 14.8. The first-order chi connectivity index (χ1) is 11.9. The van der Waals surface area contributed by atoms with Gasteiger partial charge in [0.2, 0.25) is 0 Å². The molecule has 25 heavy (non-hydrogen) atoms. The molecular formula is C17H17ClN2O4S. The molecule has 1 heterocycles. The van der Waals surface area contributed by atoms with Crippen molar-refractivity contribution < 1.29 is 17.9 Å². The standard InChI is InChI=1S/C17H17ClN2O4S/c18-12-6-8-13(9-7-12)20-25(22,23)15-4-1-3-14(11-15)19-17(21)16-5-2-10-24-16/h1,3-4,6-9,11,16,20H,2,5,10H2,(H,19,21). The van der Waals surface area contributed by atoms with E-state index in [0.29, 0.717) is 29.4 Å². The van der Waals surface area contributed by atoms with Crippen LogP contribution in [0.5, 0.6) is 0 Å². The van der Waals surface area contributed by atoms with Crippen LogP contribution in [-0.2, 0) is 19.6 Å². The van der Waals surface area contributed by atoms with Crippen molar-refractivity contribution >= 4 is 38.9 Å². The fraction of sp³-hybridized carbons (Fsp3) is 0.235. The van der Waals surface area contributed by atoms with Gasteiger partial charge in [0.05, 0.1) is 4.90 Å². The predicted octanol–water partition coefficient (Wildman–Crippen LogP) is 3.26. The Morgan fingerprint density at radius 2 is 1.88 bits per heavy atom. The van der Waals surface area contributed by atoms with Crippen LogP contribution in [-0.4, -0.2) is 27.0 Å². The van der Waals surface area contributed by atoms with Crippen molar-refractivity contribution in [3.63, 3.8) is 0 Å². The van der Waals surface area contributed by atoms with Gasteiger partial charge in [0.1, 0.15) is 6.10 Å². The number of hydrogen-bond donors (Lipinski definition) is 2. The first kappa shape index (κ1) is 17.7. The topological polar surface area (TPSA) is 84.5 Å². The quantitative estimate of drug-likeness (QED) is 0.833. The Balaban J connectivity index is 1.75. The number of hydrogen-bond acceptors (Lipinski definition) is 4. The van der Waals surface area contributed by atoms with Gasteiger partial charge in [-0.1, -0.05) is 17.7 Å². The van der Waals surface area contributed by atoms with Crippen LogP contribution in [0.2, 0.25) is 5.02 Å². The summed E-state index contributed by atoms with van der Waals surface area (Å²) in [7, 11) is -3.78. The van der Waals surface area contributed by atoms with Crippen LogP contribution in [0.3, 0.4) is 0 Å². The van der Waals surface area contributed by atoms with Crippen LogP contribution >= 0.6 is 11.6 Å². The van der Waals surface area contributed by atoms with E-state index in [0.717, 1.165) is 6.42 Å². The number of nitrogens with one attached hydrogen (secondary N) is 2. The van der Waals surface area contributed by atoms with Crippen LogP contribution in [0.15, 0.2) is 53.4 Å². The predicted molar refractivity (Wildman–Crippen MR) is 96.3 cm³/mol. The number of carbonyl (C=O) groups is 1. The van der Waals surface area contributed by atoms with Crippen molar-refractivity contribution in [2.45, 2.75) is 23.8 Å². The van der Waals surface area contributed by atoms with Crippen LogP contribution in [0.4, 0.5) is 11.4 Å². The Morgan fingerprint density at radius 1 is 1.12 bits per heavy atom. The van der Waals surface area contributed by atoms with Gasteiger partial charge in [0.15, 0.2) is 0 Å². The van der Waals surface area contributed by atoms with Gasteiger partial charge in [-0.15, -0.1) is 0 Å². The number of carbonyl (C=O) groups excluding carboxylic acids is 1. The number of halogens is 1. The lowest BCUT2D eigenvalue weighted by Gasteiger charge is -2.12. The van der Waals surface area contributed by atoms with E-state index in [1.807, 2.05) is 0 Å². The molecule has 1 fully saturated rings. The second-order valence-corrected chi connectivity index (χ2v) is 7.75. The van der Waals surface area contributed by atoms with Crippen molar-refractivity contribution in [1.82, 2.24) is 0 Å². The largest absolute Gasteiger partial charge is 0.368 e. The number of anilines is 2. The van der Waals surface area contributed by atoms with Gasteiger partial charge < -0.3 is 10.1 Å². The number of benzene rings is 2. The Labute approximate surface area is 151 Å². The fourth-order valence-electron chi connectivity index (χ4n) is 2.48. The van der Waals surface area contributed by atoms with Gasteiger partial charge in [-0.3, -0.25) is 9.52 Å². The van der Waals surface area contributed by atoms with Gasteiger partial charge in [0, 0.05) is 23.0 Å². The lowest BCUT2D eigenvalue weighted by molar-refractivity contribution is -0.124. The summed E-state index contributed by atoms with van der Waals surface area (Å²) in [5.74, 6) is -0.266. The molecule has 0 aromatic heterocycles. The summed E-state index contributed by atoms with van der Waals surface area (Å²) < 4.78 is 32.8. The van der Waals surface area contributed by atoms with Crippen molar-refractivity contribution in [1.29, 1.82) is 0 Å². The summed E-state index contributed by atoms with van der Waals surface area (Å²) in [6.45, 7) is 0.567. The molecule has 0 spiro atoms.